The van der Waals surface area contributed by atoms with Gasteiger partial charge in [0.15, 0.2) is 11.4 Å². The fourth-order valence-corrected chi connectivity index (χ4v) is 8.76. The van der Waals surface area contributed by atoms with Crippen molar-refractivity contribution in [3.63, 3.8) is 0 Å². The molecule has 3 heterocycles. The standard InChI is InChI=1S/C38H19N3S2/c1-39-23-15-17-35-27(19-23)29-21-36-28(20-37(29)43-35)26-18-22(14-16-34(26)42-36)38-30(40-2)10-7-13-33(38)41-31-11-5-3-8-24(31)25-9-4-6-12-32(25)41/h3-21H. The largest absolute Gasteiger partial charge is 0.310 e. The summed E-state index contributed by atoms with van der Waals surface area (Å²) < 4.78 is 7.19. The van der Waals surface area contributed by atoms with Gasteiger partial charge in [0, 0.05) is 57.0 Å². The van der Waals surface area contributed by atoms with Gasteiger partial charge in [-0.1, -0.05) is 66.7 Å². The second-order valence-corrected chi connectivity index (χ2v) is 12.9. The zero-order chi connectivity index (χ0) is 28.7. The number of rotatable bonds is 2. The van der Waals surface area contributed by atoms with Crippen molar-refractivity contribution in [3.05, 3.63) is 138 Å². The van der Waals surface area contributed by atoms with E-state index in [1.165, 1.54) is 45.7 Å². The predicted octanol–water partition coefficient (Wildman–Crippen LogP) is 12.3. The zero-order valence-corrected chi connectivity index (χ0v) is 24.3. The summed E-state index contributed by atoms with van der Waals surface area (Å²) in [5, 5.41) is 7.18. The Labute approximate surface area is 254 Å². The Morgan fingerprint density at radius 1 is 0.488 bits per heavy atom. The molecule has 0 bridgehead atoms. The minimum Gasteiger partial charge on any atom is -0.310 e. The van der Waals surface area contributed by atoms with Crippen LogP contribution in [0.15, 0.2) is 115 Å². The Morgan fingerprint density at radius 3 is 1.74 bits per heavy atom. The molecule has 0 aliphatic heterocycles. The van der Waals surface area contributed by atoms with Crippen molar-refractivity contribution in [2.45, 2.75) is 0 Å². The van der Waals surface area contributed by atoms with E-state index in [0.717, 1.165) is 33.2 Å². The molecule has 0 N–H and O–H groups in total. The van der Waals surface area contributed by atoms with Crippen LogP contribution in [0.3, 0.4) is 0 Å². The van der Waals surface area contributed by atoms with Gasteiger partial charge >= 0.3 is 0 Å². The average molecular weight is 582 g/mol. The van der Waals surface area contributed by atoms with Crippen LogP contribution in [0.5, 0.6) is 0 Å². The lowest BCUT2D eigenvalue weighted by atomic mass is 9.98. The first-order valence-electron chi connectivity index (χ1n) is 13.9. The van der Waals surface area contributed by atoms with Crippen LogP contribution in [-0.2, 0) is 0 Å². The molecule has 43 heavy (non-hydrogen) atoms. The van der Waals surface area contributed by atoms with Crippen molar-refractivity contribution in [1.82, 2.24) is 4.57 Å². The van der Waals surface area contributed by atoms with Gasteiger partial charge in [0.2, 0.25) is 0 Å². The van der Waals surface area contributed by atoms with Crippen molar-refractivity contribution >= 4 is 96.2 Å². The minimum atomic E-state index is 0.640. The summed E-state index contributed by atoms with van der Waals surface area (Å²) in [6.45, 7) is 15.6. The van der Waals surface area contributed by atoms with Crippen molar-refractivity contribution in [2.75, 3.05) is 0 Å². The Hall–Kier alpha value is -5.46. The van der Waals surface area contributed by atoms with Crippen molar-refractivity contribution in [1.29, 1.82) is 0 Å². The monoisotopic (exact) mass is 581 g/mol. The number of hydrogen-bond acceptors (Lipinski definition) is 2. The van der Waals surface area contributed by atoms with Gasteiger partial charge in [-0.05, 0) is 59.5 Å². The molecule has 5 heteroatoms. The highest BCUT2D eigenvalue weighted by molar-refractivity contribution is 7.27. The molecule has 6 aromatic carbocycles. The number of para-hydroxylation sites is 2. The molecule has 9 rings (SSSR count). The van der Waals surface area contributed by atoms with Crippen LogP contribution in [-0.4, -0.2) is 4.57 Å². The van der Waals surface area contributed by atoms with Crippen LogP contribution in [0.4, 0.5) is 11.4 Å². The molecule has 3 aromatic heterocycles. The van der Waals surface area contributed by atoms with E-state index in [4.69, 9.17) is 13.1 Å². The number of nitrogens with zero attached hydrogens (tertiary/aromatic N) is 3. The lowest BCUT2D eigenvalue weighted by molar-refractivity contribution is 1.18. The Morgan fingerprint density at radius 2 is 1.09 bits per heavy atom. The van der Waals surface area contributed by atoms with E-state index in [0.29, 0.717) is 11.4 Å². The number of aromatic nitrogens is 1. The molecule has 0 unspecified atom stereocenters. The molecule has 0 saturated heterocycles. The third-order valence-corrected chi connectivity index (χ3v) is 10.7. The maximum Gasteiger partial charge on any atom is 0.196 e. The van der Waals surface area contributed by atoms with Gasteiger partial charge in [-0.25, -0.2) is 9.69 Å². The highest BCUT2D eigenvalue weighted by atomic mass is 32.1. The van der Waals surface area contributed by atoms with Crippen molar-refractivity contribution < 1.29 is 0 Å². The van der Waals surface area contributed by atoms with E-state index in [1.807, 2.05) is 24.3 Å². The van der Waals surface area contributed by atoms with Gasteiger partial charge in [-0.15, -0.1) is 22.7 Å². The summed E-state index contributed by atoms with van der Waals surface area (Å²) in [5.41, 5.74) is 6.55. The second kappa shape index (κ2) is 9.02. The van der Waals surface area contributed by atoms with Gasteiger partial charge < -0.3 is 4.57 Å². The number of fused-ring (bicyclic) bond motifs is 9. The summed E-state index contributed by atoms with van der Waals surface area (Å²) in [7, 11) is 0. The molecule has 198 valence electrons. The number of benzene rings is 6. The normalized spacial score (nSPS) is 11.7. The summed E-state index contributed by atoms with van der Waals surface area (Å²) >= 11 is 3.57. The molecule has 0 atom stereocenters. The minimum absolute atomic E-state index is 0.640. The van der Waals surface area contributed by atoms with E-state index < -0.39 is 0 Å². The molecule has 0 spiro atoms. The number of thiophene rings is 2. The molecular weight excluding hydrogens is 563 g/mol. The Balaban J connectivity index is 1.32. The topological polar surface area (TPSA) is 13.7 Å². The van der Waals surface area contributed by atoms with Crippen LogP contribution < -0.4 is 0 Å². The van der Waals surface area contributed by atoms with Gasteiger partial charge in [0.25, 0.3) is 0 Å². The Bertz CT molecular complexity index is 2650. The first kappa shape index (κ1) is 24.2. The third kappa shape index (κ3) is 3.44. The highest BCUT2D eigenvalue weighted by Gasteiger charge is 2.19. The lowest BCUT2D eigenvalue weighted by Crippen LogP contribution is -1.97. The van der Waals surface area contributed by atoms with Gasteiger partial charge in [-0.3, -0.25) is 0 Å². The fourth-order valence-electron chi connectivity index (χ4n) is 6.54. The van der Waals surface area contributed by atoms with E-state index >= 15 is 0 Å². The highest BCUT2D eigenvalue weighted by Crippen LogP contribution is 2.46. The molecule has 0 aliphatic rings. The van der Waals surface area contributed by atoms with Crippen molar-refractivity contribution in [3.8, 4) is 16.8 Å². The average Bonchev–Trinajstić information content (AvgIpc) is 3.71. The van der Waals surface area contributed by atoms with E-state index in [2.05, 4.69) is 105 Å². The maximum atomic E-state index is 8.12. The van der Waals surface area contributed by atoms with Crippen LogP contribution >= 0.6 is 22.7 Å². The lowest BCUT2D eigenvalue weighted by Gasteiger charge is -2.16. The quantitative estimate of drug-likeness (QED) is 0.180. The summed E-state index contributed by atoms with van der Waals surface area (Å²) in [4.78, 5) is 7.66. The molecule has 9 aromatic rings. The second-order valence-electron chi connectivity index (χ2n) is 10.7. The summed E-state index contributed by atoms with van der Waals surface area (Å²) in [6, 6.07) is 40.3. The van der Waals surface area contributed by atoms with Gasteiger partial charge in [0.1, 0.15) is 0 Å². The SMILES string of the molecule is [C-]#[N+]c1ccc2sc3cc4c(cc3c2c1)sc1ccc(-c2c([N+]#[C-])cccc2-n2c3ccccc3c3ccccc32)cc14. The molecule has 3 nitrogen and oxygen atoms in total. The van der Waals surface area contributed by atoms with Gasteiger partial charge in [0.05, 0.1) is 24.2 Å². The van der Waals surface area contributed by atoms with Gasteiger partial charge in [-0.2, -0.15) is 0 Å². The Kier molecular flexibility index (Phi) is 5.07. The first-order valence-corrected chi connectivity index (χ1v) is 15.5. The summed E-state index contributed by atoms with van der Waals surface area (Å²) in [5.74, 6) is 0. The van der Waals surface area contributed by atoms with E-state index in [-0.39, 0.29) is 0 Å². The molecular formula is C38H19N3S2. The predicted molar refractivity (Wildman–Crippen MR) is 185 cm³/mol. The molecule has 0 aliphatic carbocycles. The van der Waals surface area contributed by atoms with Crippen LogP contribution in [0.25, 0.3) is 88.7 Å². The third-order valence-electron chi connectivity index (χ3n) is 8.42. The van der Waals surface area contributed by atoms with Crippen LogP contribution in [0.1, 0.15) is 0 Å². The first-order chi connectivity index (χ1) is 21.2. The van der Waals surface area contributed by atoms with Crippen LogP contribution in [0.2, 0.25) is 0 Å². The van der Waals surface area contributed by atoms with Crippen molar-refractivity contribution in [2.24, 2.45) is 0 Å². The van der Waals surface area contributed by atoms with E-state index in [1.54, 1.807) is 22.7 Å². The zero-order valence-electron chi connectivity index (χ0n) is 22.6. The molecule has 0 saturated carbocycles. The smallest absolute Gasteiger partial charge is 0.196 e. The molecule has 0 fully saturated rings. The molecule has 0 radical (unpaired) electrons. The van der Waals surface area contributed by atoms with Crippen LogP contribution in [0, 0.1) is 13.1 Å². The fraction of sp³-hybridized carbons (Fsp3) is 0. The maximum absolute atomic E-state index is 8.12. The van der Waals surface area contributed by atoms with E-state index in [9.17, 15) is 0 Å². The summed E-state index contributed by atoms with van der Waals surface area (Å²) in [6.07, 6.45) is 0. The molecule has 0 amide bonds. The number of hydrogen-bond donors (Lipinski definition) is 0.